The van der Waals surface area contributed by atoms with Gasteiger partial charge in [0.2, 0.25) is 0 Å². The Kier molecular flexibility index (Phi) is 4.14. The summed E-state index contributed by atoms with van der Waals surface area (Å²) in [4.78, 5) is 10.3. The molecule has 0 unspecified atom stereocenters. The summed E-state index contributed by atoms with van der Waals surface area (Å²) in [6.07, 6.45) is 10.5. The highest BCUT2D eigenvalue weighted by molar-refractivity contribution is 5.66. The first-order valence-corrected chi connectivity index (χ1v) is 5.31. The minimum absolute atomic E-state index is 0.156. The second-order valence-electron chi connectivity index (χ2n) is 4.13. The largest absolute Gasteiger partial charge is 0.481 e. The molecule has 1 aliphatic carbocycles. The molecule has 1 rings (SSSR count). The van der Waals surface area contributed by atoms with Gasteiger partial charge in [0.05, 0.1) is 0 Å². The van der Waals surface area contributed by atoms with E-state index in [0.29, 0.717) is 6.42 Å². The lowest BCUT2D eigenvalue weighted by atomic mass is 9.82. The number of aliphatic carboxylic acids is 1. The zero-order chi connectivity index (χ0) is 10.4. The molecule has 0 aromatic rings. The average Bonchev–Trinajstić information content (AvgIpc) is 2.14. The van der Waals surface area contributed by atoms with Crippen molar-refractivity contribution in [3.8, 4) is 0 Å². The molecule has 14 heavy (non-hydrogen) atoms. The van der Waals surface area contributed by atoms with Crippen LogP contribution in [0.3, 0.4) is 0 Å². The minimum atomic E-state index is -0.746. The number of hydrogen-bond donors (Lipinski definition) is 2. The molecule has 0 amide bonds. The van der Waals surface area contributed by atoms with E-state index in [1.54, 1.807) is 0 Å². The van der Waals surface area contributed by atoms with Crippen LogP contribution >= 0.6 is 0 Å². The summed E-state index contributed by atoms with van der Waals surface area (Å²) in [6.45, 7) is 0. The van der Waals surface area contributed by atoms with E-state index >= 15 is 0 Å². The fourth-order valence-corrected chi connectivity index (χ4v) is 1.90. The van der Waals surface area contributed by atoms with E-state index in [4.69, 9.17) is 10.8 Å². The highest BCUT2D eigenvalue weighted by atomic mass is 16.4. The molecule has 0 heterocycles. The predicted molar refractivity (Wildman–Crippen MR) is 56.0 cm³/mol. The van der Waals surface area contributed by atoms with Crippen LogP contribution in [0.15, 0.2) is 12.2 Å². The molecule has 0 aliphatic heterocycles. The van der Waals surface area contributed by atoms with Crippen LogP contribution in [-0.4, -0.2) is 16.6 Å². The molecule has 0 aromatic carbocycles. The number of hydrogen-bond acceptors (Lipinski definition) is 2. The molecule has 0 spiro atoms. The molecule has 0 aromatic heterocycles. The summed E-state index contributed by atoms with van der Waals surface area (Å²) in [6, 6.07) is 0. The maximum absolute atomic E-state index is 10.3. The summed E-state index contributed by atoms with van der Waals surface area (Å²) < 4.78 is 0. The average molecular weight is 197 g/mol. The molecule has 0 radical (unpaired) electrons. The van der Waals surface area contributed by atoms with Crippen LogP contribution < -0.4 is 5.73 Å². The number of carboxylic acid groups (broad SMARTS) is 1. The molecular weight excluding hydrogens is 178 g/mol. The van der Waals surface area contributed by atoms with Gasteiger partial charge in [0.25, 0.3) is 0 Å². The van der Waals surface area contributed by atoms with Crippen molar-refractivity contribution in [2.75, 3.05) is 0 Å². The summed E-state index contributed by atoms with van der Waals surface area (Å²) >= 11 is 0. The third kappa shape index (κ3) is 3.92. The van der Waals surface area contributed by atoms with Crippen LogP contribution in [0, 0.1) is 0 Å². The first-order chi connectivity index (χ1) is 6.62. The van der Waals surface area contributed by atoms with E-state index in [-0.39, 0.29) is 12.0 Å². The Labute approximate surface area is 85.0 Å². The number of allylic oxidation sites excluding steroid dienone is 1. The van der Waals surface area contributed by atoms with Crippen LogP contribution in [0.5, 0.6) is 0 Å². The Balaban J connectivity index is 2.29. The van der Waals surface area contributed by atoms with Gasteiger partial charge in [0.15, 0.2) is 0 Å². The quantitative estimate of drug-likeness (QED) is 0.678. The molecule has 80 valence electrons. The zero-order valence-corrected chi connectivity index (χ0v) is 8.54. The third-order valence-electron chi connectivity index (χ3n) is 2.76. The summed E-state index contributed by atoms with van der Waals surface area (Å²) in [5.74, 6) is -0.746. The van der Waals surface area contributed by atoms with E-state index < -0.39 is 5.97 Å². The van der Waals surface area contributed by atoms with E-state index in [9.17, 15) is 4.79 Å². The predicted octanol–water partition coefficient (Wildman–Crippen LogP) is 2.07. The lowest BCUT2D eigenvalue weighted by Crippen LogP contribution is -2.39. The van der Waals surface area contributed by atoms with Gasteiger partial charge in [0, 0.05) is 12.0 Å². The van der Waals surface area contributed by atoms with Crippen LogP contribution in [0.2, 0.25) is 0 Å². The molecule has 3 N–H and O–H groups in total. The van der Waals surface area contributed by atoms with Crippen molar-refractivity contribution in [3.05, 3.63) is 12.2 Å². The summed E-state index contributed by atoms with van der Waals surface area (Å²) in [5.41, 5.74) is 5.99. The molecule has 1 saturated carbocycles. The molecular formula is C11H19NO2. The van der Waals surface area contributed by atoms with Gasteiger partial charge in [-0.15, -0.1) is 0 Å². The van der Waals surface area contributed by atoms with Gasteiger partial charge in [-0.3, -0.25) is 4.79 Å². The van der Waals surface area contributed by atoms with Crippen molar-refractivity contribution in [2.45, 2.75) is 50.5 Å². The Bertz CT molecular complexity index is 217. The Morgan fingerprint density at radius 3 is 2.57 bits per heavy atom. The van der Waals surface area contributed by atoms with Gasteiger partial charge in [-0.25, -0.2) is 0 Å². The number of rotatable bonds is 4. The van der Waals surface area contributed by atoms with Gasteiger partial charge in [-0.05, 0) is 19.3 Å². The molecule has 3 heteroatoms. The standard InChI is InChI=1S/C11H19NO2/c12-11(7-3-1-4-8-11)9-5-2-6-10(13)14/h5,9H,1-4,6-8,12H2,(H,13,14)/b9-5+. The molecule has 0 atom stereocenters. The van der Waals surface area contributed by atoms with E-state index in [1.165, 1.54) is 19.3 Å². The van der Waals surface area contributed by atoms with Crippen molar-refractivity contribution >= 4 is 5.97 Å². The lowest BCUT2D eigenvalue weighted by Gasteiger charge is -2.30. The highest BCUT2D eigenvalue weighted by Crippen LogP contribution is 2.26. The number of carboxylic acids is 1. The van der Waals surface area contributed by atoms with Gasteiger partial charge in [-0.1, -0.05) is 31.4 Å². The zero-order valence-electron chi connectivity index (χ0n) is 8.54. The van der Waals surface area contributed by atoms with Crippen molar-refractivity contribution in [3.63, 3.8) is 0 Å². The van der Waals surface area contributed by atoms with Gasteiger partial charge >= 0.3 is 5.97 Å². The van der Waals surface area contributed by atoms with Crippen LogP contribution in [-0.2, 0) is 4.79 Å². The van der Waals surface area contributed by atoms with Crippen molar-refractivity contribution < 1.29 is 9.90 Å². The normalized spacial score (nSPS) is 21.2. The van der Waals surface area contributed by atoms with E-state index in [2.05, 4.69) is 0 Å². The molecule has 0 saturated heterocycles. The lowest BCUT2D eigenvalue weighted by molar-refractivity contribution is -0.136. The Morgan fingerprint density at radius 1 is 1.36 bits per heavy atom. The van der Waals surface area contributed by atoms with Gasteiger partial charge < -0.3 is 10.8 Å². The smallest absolute Gasteiger partial charge is 0.303 e. The second kappa shape index (κ2) is 5.15. The van der Waals surface area contributed by atoms with E-state index in [1.807, 2.05) is 12.2 Å². The van der Waals surface area contributed by atoms with Crippen molar-refractivity contribution in [1.82, 2.24) is 0 Å². The first-order valence-electron chi connectivity index (χ1n) is 5.31. The van der Waals surface area contributed by atoms with Crippen LogP contribution in [0.25, 0.3) is 0 Å². The fourth-order valence-electron chi connectivity index (χ4n) is 1.90. The maximum atomic E-state index is 10.3. The minimum Gasteiger partial charge on any atom is -0.481 e. The SMILES string of the molecule is NC1(/C=C/CCC(=O)O)CCCCC1. The highest BCUT2D eigenvalue weighted by Gasteiger charge is 2.23. The molecule has 1 fully saturated rings. The Hall–Kier alpha value is -0.830. The number of carbonyl (C=O) groups is 1. The molecule has 0 bridgehead atoms. The second-order valence-corrected chi connectivity index (χ2v) is 4.13. The fraction of sp³-hybridized carbons (Fsp3) is 0.727. The summed E-state index contributed by atoms with van der Waals surface area (Å²) in [7, 11) is 0. The topological polar surface area (TPSA) is 63.3 Å². The third-order valence-corrected chi connectivity index (χ3v) is 2.76. The van der Waals surface area contributed by atoms with Crippen LogP contribution in [0.4, 0.5) is 0 Å². The maximum Gasteiger partial charge on any atom is 0.303 e. The van der Waals surface area contributed by atoms with E-state index in [0.717, 1.165) is 12.8 Å². The number of nitrogens with two attached hydrogens (primary N) is 1. The van der Waals surface area contributed by atoms with Crippen molar-refractivity contribution in [1.29, 1.82) is 0 Å². The monoisotopic (exact) mass is 197 g/mol. The summed E-state index contributed by atoms with van der Waals surface area (Å²) in [5, 5.41) is 8.45. The van der Waals surface area contributed by atoms with Crippen LogP contribution in [0.1, 0.15) is 44.9 Å². The van der Waals surface area contributed by atoms with Gasteiger partial charge in [-0.2, -0.15) is 0 Å². The Morgan fingerprint density at radius 2 is 2.00 bits per heavy atom. The molecule has 1 aliphatic rings. The van der Waals surface area contributed by atoms with Gasteiger partial charge in [0.1, 0.15) is 0 Å². The molecule has 3 nitrogen and oxygen atoms in total. The first kappa shape index (κ1) is 11.2. The van der Waals surface area contributed by atoms with Crippen molar-refractivity contribution in [2.24, 2.45) is 5.73 Å².